The molecule has 0 unspecified atom stereocenters. The van der Waals surface area contributed by atoms with Gasteiger partial charge in [-0.25, -0.2) is 4.98 Å². The fourth-order valence-electron chi connectivity index (χ4n) is 0.862. The van der Waals surface area contributed by atoms with Gasteiger partial charge in [-0.05, 0) is 35.8 Å². The van der Waals surface area contributed by atoms with Crippen LogP contribution in [-0.2, 0) is 4.79 Å². The molecule has 0 atom stereocenters. The molecule has 6 heteroatoms. The summed E-state index contributed by atoms with van der Waals surface area (Å²) in [6, 6.07) is 1.69. The van der Waals surface area contributed by atoms with E-state index in [0.717, 1.165) is 4.47 Å². The zero-order valence-corrected chi connectivity index (χ0v) is 11.9. The molecule has 1 aromatic rings. The van der Waals surface area contributed by atoms with Crippen LogP contribution >= 0.6 is 39.1 Å². The summed E-state index contributed by atoms with van der Waals surface area (Å²) in [7, 11) is 0. The fraction of sp³-hybridized carbons (Fsp3) is 0.400. The summed E-state index contributed by atoms with van der Waals surface area (Å²) in [6.07, 6.45) is 1.56. The number of hydrogen-bond acceptors (Lipinski definition) is 2. The summed E-state index contributed by atoms with van der Waals surface area (Å²) in [4.78, 5) is 15.7. The molecule has 1 N–H and O–H groups in total. The minimum atomic E-state index is -0.646. The molecular formula is C10H11BrCl2N2O. The van der Waals surface area contributed by atoms with Gasteiger partial charge in [0.15, 0.2) is 5.15 Å². The third-order valence-corrected chi connectivity index (χ3v) is 3.41. The van der Waals surface area contributed by atoms with Crippen LogP contribution in [0.2, 0.25) is 5.15 Å². The number of halogens is 3. The van der Waals surface area contributed by atoms with Crippen LogP contribution in [0.3, 0.4) is 0 Å². The Morgan fingerprint density at radius 3 is 2.81 bits per heavy atom. The number of carbonyl (C=O) groups is 1. The number of amides is 1. The van der Waals surface area contributed by atoms with Crippen LogP contribution in [0.1, 0.15) is 13.8 Å². The highest BCUT2D eigenvalue weighted by atomic mass is 79.9. The van der Waals surface area contributed by atoms with Gasteiger partial charge in [0.2, 0.25) is 5.91 Å². The highest BCUT2D eigenvalue weighted by Gasteiger charge is 2.27. The molecular weight excluding hydrogens is 315 g/mol. The van der Waals surface area contributed by atoms with Crippen LogP contribution in [0.5, 0.6) is 0 Å². The number of aromatic nitrogens is 1. The molecule has 0 fully saturated rings. The molecule has 1 amide bonds. The zero-order chi connectivity index (χ0) is 12.3. The smallest absolute Gasteiger partial charge is 0.231 e. The maximum Gasteiger partial charge on any atom is 0.231 e. The molecule has 0 aromatic carbocycles. The Labute approximate surface area is 113 Å². The second kappa shape index (κ2) is 5.34. The molecule has 0 aliphatic heterocycles. The summed E-state index contributed by atoms with van der Waals surface area (Å²) >= 11 is 14.8. The van der Waals surface area contributed by atoms with Gasteiger partial charge in [0.05, 0.1) is 11.1 Å². The number of pyridine rings is 1. The molecule has 88 valence electrons. The van der Waals surface area contributed by atoms with E-state index in [1.165, 1.54) is 0 Å². The minimum Gasteiger partial charge on any atom is -0.323 e. The predicted molar refractivity (Wildman–Crippen MR) is 70.1 cm³/mol. The van der Waals surface area contributed by atoms with Crippen LogP contribution in [0.25, 0.3) is 0 Å². The second-order valence-electron chi connectivity index (χ2n) is 3.96. The molecule has 0 spiro atoms. The SMILES string of the molecule is CC(C)(CCl)C(=O)Nc1cc(Br)cnc1Cl. The van der Waals surface area contributed by atoms with E-state index in [4.69, 9.17) is 23.2 Å². The van der Waals surface area contributed by atoms with Crippen molar-refractivity contribution in [1.82, 2.24) is 4.98 Å². The van der Waals surface area contributed by atoms with Crippen molar-refractivity contribution in [3.05, 3.63) is 21.9 Å². The van der Waals surface area contributed by atoms with Crippen molar-refractivity contribution in [1.29, 1.82) is 0 Å². The third-order valence-electron chi connectivity index (χ3n) is 2.00. The van der Waals surface area contributed by atoms with E-state index in [2.05, 4.69) is 26.2 Å². The molecule has 0 aliphatic rings. The molecule has 1 heterocycles. The first-order chi connectivity index (χ1) is 7.36. The van der Waals surface area contributed by atoms with E-state index >= 15 is 0 Å². The molecule has 0 saturated carbocycles. The number of hydrogen-bond donors (Lipinski definition) is 1. The number of rotatable bonds is 3. The van der Waals surface area contributed by atoms with E-state index < -0.39 is 5.41 Å². The van der Waals surface area contributed by atoms with Crippen molar-refractivity contribution in [2.75, 3.05) is 11.2 Å². The Morgan fingerprint density at radius 2 is 2.25 bits per heavy atom. The van der Waals surface area contributed by atoms with Crippen LogP contribution in [-0.4, -0.2) is 16.8 Å². The molecule has 16 heavy (non-hydrogen) atoms. The lowest BCUT2D eigenvalue weighted by molar-refractivity contribution is -0.122. The molecule has 3 nitrogen and oxygen atoms in total. The summed E-state index contributed by atoms with van der Waals surface area (Å²) in [5.74, 6) is 0.0435. The topological polar surface area (TPSA) is 42.0 Å². The first-order valence-corrected chi connectivity index (χ1v) is 6.26. The van der Waals surface area contributed by atoms with Crippen molar-refractivity contribution in [3.63, 3.8) is 0 Å². The zero-order valence-electron chi connectivity index (χ0n) is 8.85. The van der Waals surface area contributed by atoms with Crippen molar-refractivity contribution in [2.45, 2.75) is 13.8 Å². The molecule has 1 rings (SSSR count). The first-order valence-electron chi connectivity index (χ1n) is 4.55. The van der Waals surface area contributed by atoms with Gasteiger partial charge >= 0.3 is 0 Å². The highest BCUT2D eigenvalue weighted by molar-refractivity contribution is 9.10. The van der Waals surface area contributed by atoms with Crippen molar-refractivity contribution < 1.29 is 4.79 Å². The summed E-state index contributed by atoms with van der Waals surface area (Å²) in [6.45, 7) is 3.52. The average molecular weight is 326 g/mol. The maximum absolute atomic E-state index is 11.8. The highest BCUT2D eigenvalue weighted by Crippen LogP contribution is 2.26. The molecule has 0 saturated heterocycles. The summed E-state index contributed by atoms with van der Waals surface area (Å²) in [5, 5.41) is 2.95. The van der Waals surface area contributed by atoms with Gasteiger partial charge in [-0.3, -0.25) is 4.79 Å². The standard InChI is InChI=1S/C10H11BrCl2N2O/c1-10(2,5-12)9(16)15-7-3-6(11)4-14-8(7)13/h3-4H,5H2,1-2H3,(H,15,16). The largest absolute Gasteiger partial charge is 0.323 e. The monoisotopic (exact) mass is 324 g/mol. The fourth-order valence-corrected chi connectivity index (χ4v) is 1.47. The summed E-state index contributed by atoms with van der Waals surface area (Å²) < 4.78 is 0.746. The van der Waals surface area contributed by atoms with E-state index in [9.17, 15) is 4.79 Å². The molecule has 0 radical (unpaired) electrons. The van der Waals surface area contributed by atoms with Crippen LogP contribution in [0.4, 0.5) is 5.69 Å². The molecule has 1 aromatic heterocycles. The normalized spacial score (nSPS) is 11.3. The Bertz CT molecular complexity index is 410. The van der Waals surface area contributed by atoms with Crippen LogP contribution < -0.4 is 5.32 Å². The lowest BCUT2D eigenvalue weighted by Crippen LogP contribution is -2.32. The Hall–Kier alpha value is -0.320. The van der Waals surface area contributed by atoms with Gasteiger partial charge < -0.3 is 5.32 Å². The number of carbonyl (C=O) groups excluding carboxylic acids is 1. The Balaban J connectivity index is 2.89. The third kappa shape index (κ3) is 3.34. The van der Waals surface area contributed by atoms with Gasteiger partial charge in [-0.2, -0.15) is 0 Å². The van der Waals surface area contributed by atoms with Crippen molar-refractivity contribution in [3.8, 4) is 0 Å². The Kier molecular flexibility index (Phi) is 4.59. The van der Waals surface area contributed by atoms with E-state index in [0.29, 0.717) is 5.69 Å². The summed E-state index contributed by atoms with van der Waals surface area (Å²) in [5.41, 5.74) is -0.174. The quantitative estimate of drug-likeness (QED) is 0.680. The van der Waals surface area contributed by atoms with Crippen LogP contribution in [0, 0.1) is 5.41 Å². The number of nitrogens with zero attached hydrogens (tertiary/aromatic N) is 1. The number of alkyl halides is 1. The number of nitrogens with one attached hydrogen (secondary N) is 1. The van der Waals surface area contributed by atoms with Gasteiger partial charge in [0.25, 0.3) is 0 Å². The van der Waals surface area contributed by atoms with Crippen molar-refractivity contribution in [2.24, 2.45) is 5.41 Å². The molecule has 0 aliphatic carbocycles. The lowest BCUT2D eigenvalue weighted by atomic mass is 9.95. The number of anilines is 1. The van der Waals surface area contributed by atoms with Gasteiger partial charge in [0, 0.05) is 16.5 Å². The predicted octanol–water partition coefficient (Wildman–Crippen LogP) is 3.70. The van der Waals surface area contributed by atoms with E-state index in [1.807, 2.05) is 0 Å². The average Bonchev–Trinajstić information content (AvgIpc) is 2.23. The molecule has 0 bridgehead atoms. The maximum atomic E-state index is 11.8. The van der Waals surface area contributed by atoms with Crippen LogP contribution in [0.15, 0.2) is 16.7 Å². The second-order valence-corrected chi connectivity index (χ2v) is 5.50. The Morgan fingerprint density at radius 1 is 1.62 bits per heavy atom. The van der Waals surface area contributed by atoms with Gasteiger partial charge in [0.1, 0.15) is 0 Å². The van der Waals surface area contributed by atoms with Crippen molar-refractivity contribution >= 4 is 50.7 Å². The van der Waals surface area contributed by atoms with E-state index in [1.54, 1.807) is 26.1 Å². The minimum absolute atomic E-state index is 0.190. The van der Waals surface area contributed by atoms with Gasteiger partial charge in [-0.15, -0.1) is 11.6 Å². The van der Waals surface area contributed by atoms with E-state index in [-0.39, 0.29) is 16.9 Å². The van der Waals surface area contributed by atoms with Gasteiger partial charge in [-0.1, -0.05) is 11.6 Å². The first kappa shape index (κ1) is 13.7. The lowest BCUT2D eigenvalue weighted by Gasteiger charge is -2.20.